The minimum Gasteiger partial charge on any atom is -0.496 e. The van der Waals surface area contributed by atoms with Crippen LogP contribution in [-0.4, -0.2) is 13.7 Å². The molecule has 0 saturated carbocycles. The van der Waals surface area contributed by atoms with Crippen molar-refractivity contribution in [3.05, 3.63) is 59.2 Å². The standard InChI is InChI=1S/C18H21BrO2/c1-4-10-21-15-7-5-6-14(12-15)18(19)16-11-13(2)8-9-17(16)20-3/h5-9,11-12,18H,4,10H2,1-3H3. The first-order chi connectivity index (χ1) is 10.2. The summed E-state index contributed by atoms with van der Waals surface area (Å²) in [6, 6.07) is 14.4. The molecule has 0 fully saturated rings. The van der Waals surface area contributed by atoms with Gasteiger partial charge in [-0.15, -0.1) is 0 Å². The largest absolute Gasteiger partial charge is 0.496 e. The van der Waals surface area contributed by atoms with Crippen LogP contribution >= 0.6 is 15.9 Å². The van der Waals surface area contributed by atoms with Crippen molar-refractivity contribution in [2.24, 2.45) is 0 Å². The van der Waals surface area contributed by atoms with Gasteiger partial charge in [-0.2, -0.15) is 0 Å². The van der Waals surface area contributed by atoms with Crippen molar-refractivity contribution >= 4 is 15.9 Å². The van der Waals surface area contributed by atoms with Crippen molar-refractivity contribution in [3.63, 3.8) is 0 Å². The summed E-state index contributed by atoms with van der Waals surface area (Å²) in [4.78, 5) is 0.0810. The molecule has 2 aromatic rings. The summed E-state index contributed by atoms with van der Waals surface area (Å²) < 4.78 is 11.2. The van der Waals surface area contributed by atoms with E-state index in [-0.39, 0.29) is 4.83 Å². The summed E-state index contributed by atoms with van der Waals surface area (Å²) in [5.74, 6) is 1.80. The number of hydrogen-bond acceptors (Lipinski definition) is 2. The highest BCUT2D eigenvalue weighted by Crippen LogP contribution is 2.38. The van der Waals surface area contributed by atoms with E-state index in [1.807, 2.05) is 18.2 Å². The first-order valence-corrected chi connectivity index (χ1v) is 8.08. The number of methoxy groups -OCH3 is 1. The van der Waals surface area contributed by atoms with Crippen molar-refractivity contribution in [2.45, 2.75) is 25.1 Å². The highest BCUT2D eigenvalue weighted by atomic mass is 79.9. The number of benzene rings is 2. The van der Waals surface area contributed by atoms with Gasteiger partial charge in [-0.3, -0.25) is 0 Å². The zero-order valence-electron chi connectivity index (χ0n) is 12.7. The third-order valence-corrected chi connectivity index (χ3v) is 4.30. The molecule has 0 saturated heterocycles. The SMILES string of the molecule is CCCOc1cccc(C(Br)c2cc(C)ccc2OC)c1. The van der Waals surface area contributed by atoms with Gasteiger partial charge in [0.15, 0.2) is 0 Å². The third-order valence-electron chi connectivity index (χ3n) is 3.28. The fraction of sp³-hybridized carbons (Fsp3) is 0.333. The van der Waals surface area contributed by atoms with E-state index >= 15 is 0 Å². The minimum atomic E-state index is 0.0810. The molecule has 0 bridgehead atoms. The highest BCUT2D eigenvalue weighted by Gasteiger charge is 2.16. The minimum absolute atomic E-state index is 0.0810. The number of aryl methyl sites for hydroxylation is 1. The summed E-state index contributed by atoms with van der Waals surface area (Å²) in [5, 5.41) is 0. The lowest BCUT2D eigenvalue weighted by Gasteiger charge is -2.16. The van der Waals surface area contributed by atoms with Gasteiger partial charge in [0.05, 0.1) is 18.5 Å². The van der Waals surface area contributed by atoms with Crippen LogP contribution in [0.2, 0.25) is 0 Å². The van der Waals surface area contributed by atoms with E-state index in [2.05, 4.69) is 54.0 Å². The van der Waals surface area contributed by atoms with Gasteiger partial charge in [-0.25, -0.2) is 0 Å². The van der Waals surface area contributed by atoms with Crippen LogP contribution in [0.5, 0.6) is 11.5 Å². The van der Waals surface area contributed by atoms with Gasteiger partial charge in [-0.1, -0.05) is 52.7 Å². The van der Waals surface area contributed by atoms with Gasteiger partial charge in [0.1, 0.15) is 11.5 Å². The molecule has 0 aliphatic heterocycles. The molecule has 1 atom stereocenters. The second kappa shape index (κ2) is 7.51. The molecule has 0 heterocycles. The van der Waals surface area contributed by atoms with Gasteiger partial charge in [-0.05, 0) is 37.1 Å². The van der Waals surface area contributed by atoms with Gasteiger partial charge in [0, 0.05) is 5.56 Å². The Morgan fingerprint density at radius 1 is 1.14 bits per heavy atom. The molecule has 3 heteroatoms. The molecule has 0 spiro atoms. The molecule has 21 heavy (non-hydrogen) atoms. The lowest BCUT2D eigenvalue weighted by molar-refractivity contribution is 0.317. The molecule has 2 rings (SSSR count). The molecule has 0 aliphatic rings. The van der Waals surface area contributed by atoms with E-state index in [0.29, 0.717) is 0 Å². The van der Waals surface area contributed by atoms with E-state index in [9.17, 15) is 0 Å². The summed E-state index contributed by atoms with van der Waals surface area (Å²) >= 11 is 3.79. The number of halogens is 1. The van der Waals surface area contributed by atoms with Crippen LogP contribution in [0.25, 0.3) is 0 Å². The molecular formula is C18H21BrO2. The maximum atomic E-state index is 5.71. The molecule has 2 aromatic carbocycles. The summed E-state index contributed by atoms with van der Waals surface area (Å²) in [6.45, 7) is 4.93. The molecule has 112 valence electrons. The average molecular weight is 349 g/mol. The number of ether oxygens (including phenoxy) is 2. The van der Waals surface area contributed by atoms with Crippen LogP contribution in [0.1, 0.15) is 34.9 Å². The Kier molecular flexibility index (Phi) is 5.68. The van der Waals surface area contributed by atoms with E-state index in [0.717, 1.165) is 35.7 Å². The second-order valence-electron chi connectivity index (χ2n) is 5.03. The average Bonchev–Trinajstić information content (AvgIpc) is 2.52. The quantitative estimate of drug-likeness (QED) is 0.661. The Hall–Kier alpha value is -1.48. The first-order valence-electron chi connectivity index (χ1n) is 7.17. The summed E-state index contributed by atoms with van der Waals surface area (Å²) in [7, 11) is 1.70. The maximum Gasteiger partial charge on any atom is 0.123 e. The van der Waals surface area contributed by atoms with Crippen molar-refractivity contribution in [3.8, 4) is 11.5 Å². The zero-order valence-corrected chi connectivity index (χ0v) is 14.3. The Balaban J connectivity index is 2.31. The molecule has 0 amide bonds. The third kappa shape index (κ3) is 4.01. The Morgan fingerprint density at radius 2 is 1.95 bits per heavy atom. The van der Waals surface area contributed by atoms with Crippen LogP contribution in [0.15, 0.2) is 42.5 Å². The van der Waals surface area contributed by atoms with Crippen LogP contribution < -0.4 is 9.47 Å². The molecule has 0 radical (unpaired) electrons. The highest BCUT2D eigenvalue weighted by molar-refractivity contribution is 9.09. The fourth-order valence-electron chi connectivity index (χ4n) is 2.21. The van der Waals surface area contributed by atoms with Crippen molar-refractivity contribution in [1.29, 1.82) is 0 Å². The fourth-order valence-corrected chi connectivity index (χ4v) is 2.86. The van der Waals surface area contributed by atoms with Gasteiger partial charge >= 0.3 is 0 Å². The predicted molar refractivity (Wildman–Crippen MR) is 90.7 cm³/mol. The second-order valence-corrected chi connectivity index (χ2v) is 5.94. The molecule has 0 aliphatic carbocycles. The van der Waals surface area contributed by atoms with Crippen molar-refractivity contribution in [2.75, 3.05) is 13.7 Å². The van der Waals surface area contributed by atoms with Crippen LogP contribution in [0, 0.1) is 6.92 Å². The lowest BCUT2D eigenvalue weighted by atomic mass is 10.0. The summed E-state index contributed by atoms with van der Waals surface area (Å²) in [5.41, 5.74) is 3.51. The smallest absolute Gasteiger partial charge is 0.123 e. The number of hydrogen-bond donors (Lipinski definition) is 0. The molecule has 0 N–H and O–H groups in total. The lowest BCUT2D eigenvalue weighted by Crippen LogP contribution is -1.99. The van der Waals surface area contributed by atoms with E-state index in [1.165, 1.54) is 5.56 Å². The van der Waals surface area contributed by atoms with Crippen LogP contribution in [-0.2, 0) is 0 Å². The zero-order chi connectivity index (χ0) is 15.2. The van der Waals surface area contributed by atoms with Crippen molar-refractivity contribution < 1.29 is 9.47 Å². The van der Waals surface area contributed by atoms with E-state index < -0.39 is 0 Å². The molecule has 0 aromatic heterocycles. The van der Waals surface area contributed by atoms with E-state index in [1.54, 1.807) is 7.11 Å². The normalized spacial score (nSPS) is 12.0. The van der Waals surface area contributed by atoms with E-state index in [4.69, 9.17) is 9.47 Å². The number of alkyl halides is 1. The van der Waals surface area contributed by atoms with Gasteiger partial charge in [0.25, 0.3) is 0 Å². The maximum absolute atomic E-state index is 5.71. The van der Waals surface area contributed by atoms with Gasteiger partial charge < -0.3 is 9.47 Å². The predicted octanol–water partition coefficient (Wildman–Crippen LogP) is 5.28. The van der Waals surface area contributed by atoms with Crippen molar-refractivity contribution in [1.82, 2.24) is 0 Å². The molecule has 1 unspecified atom stereocenters. The van der Waals surface area contributed by atoms with Crippen LogP contribution in [0.4, 0.5) is 0 Å². The van der Waals surface area contributed by atoms with Crippen LogP contribution in [0.3, 0.4) is 0 Å². The Bertz CT molecular complexity index is 596. The Labute approximate surface area is 135 Å². The Morgan fingerprint density at radius 3 is 2.67 bits per heavy atom. The molecular weight excluding hydrogens is 328 g/mol. The number of rotatable bonds is 6. The summed E-state index contributed by atoms with van der Waals surface area (Å²) in [6.07, 6.45) is 1.01. The topological polar surface area (TPSA) is 18.5 Å². The first kappa shape index (κ1) is 15.9. The van der Waals surface area contributed by atoms with Gasteiger partial charge in [0.2, 0.25) is 0 Å². The molecule has 2 nitrogen and oxygen atoms in total. The monoisotopic (exact) mass is 348 g/mol.